The highest BCUT2D eigenvalue weighted by atomic mass is 35.5. The van der Waals surface area contributed by atoms with Crippen molar-refractivity contribution in [1.82, 2.24) is 19.6 Å². The number of aromatic nitrogens is 2. The van der Waals surface area contributed by atoms with Crippen molar-refractivity contribution in [2.24, 2.45) is 0 Å². The second-order valence-electron chi connectivity index (χ2n) is 6.96. The van der Waals surface area contributed by atoms with Gasteiger partial charge < -0.3 is 4.90 Å². The van der Waals surface area contributed by atoms with Crippen molar-refractivity contribution in [3.05, 3.63) is 75.5 Å². The molecule has 1 saturated heterocycles. The van der Waals surface area contributed by atoms with Crippen molar-refractivity contribution >= 4 is 40.8 Å². The smallest absolute Gasteiger partial charge is 0.320 e. The average Bonchev–Trinajstić information content (AvgIpc) is 3.16. The number of amides is 1. The molecule has 3 aromatic rings. The third-order valence-corrected chi connectivity index (χ3v) is 5.69. The van der Waals surface area contributed by atoms with E-state index in [2.05, 4.69) is 16.1 Å². The number of carbonyl (C=O) groups excluding carboxylic acids is 1. The second kappa shape index (κ2) is 8.76. The molecule has 8 heteroatoms. The Bertz CT molecular complexity index is 1010. The number of halogens is 3. The third-order valence-electron chi connectivity index (χ3n) is 5.01. The summed E-state index contributed by atoms with van der Waals surface area (Å²) in [4.78, 5) is 16.6. The Morgan fingerprint density at radius 1 is 0.897 bits per heavy atom. The Balaban J connectivity index is 1.44. The lowest BCUT2D eigenvalue weighted by molar-refractivity contribution is 0.134. The van der Waals surface area contributed by atoms with Gasteiger partial charge in [-0.1, -0.05) is 53.0 Å². The molecular weight excluding hydrogens is 431 g/mol. The van der Waals surface area contributed by atoms with Crippen LogP contribution in [-0.2, 0) is 6.54 Å². The fourth-order valence-electron chi connectivity index (χ4n) is 3.47. The van der Waals surface area contributed by atoms with Gasteiger partial charge >= 0.3 is 6.03 Å². The molecule has 0 bridgehead atoms. The third kappa shape index (κ3) is 4.75. The highest BCUT2D eigenvalue weighted by Crippen LogP contribution is 2.29. The number of piperazine rings is 1. The molecule has 0 N–H and O–H groups in total. The lowest BCUT2D eigenvalue weighted by Gasteiger charge is -2.34. The van der Waals surface area contributed by atoms with Crippen LogP contribution in [0.1, 0.15) is 5.56 Å². The SMILES string of the molecule is O=C(N1CCN(Cc2ccc(Cl)cc2-c2ccc(Cl)cc2)CC1)n1cc(Cl)cn1. The average molecular weight is 450 g/mol. The molecule has 1 aliphatic rings. The Labute approximate surface area is 184 Å². The fourth-order valence-corrected chi connectivity index (χ4v) is 3.91. The van der Waals surface area contributed by atoms with Gasteiger partial charge in [0.05, 0.1) is 17.4 Å². The summed E-state index contributed by atoms with van der Waals surface area (Å²) in [7, 11) is 0. The van der Waals surface area contributed by atoms with E-state index >= 15 is 0 Å². The molecule has 0 atom stereocenters. The molecule has 29 heavy (non-hydrogen) atoms. The zero-order chi connectivity index (χ0) is 20.4. The molecule has 2 heterocycles. The molecule has 0 unspecified atom stereocenters. The lowest BCUT2D eigenvalue weighted by atomic mass is 9.99. The molecule has 0 aliphatic carbocycles. The van der Waals surface area contributed by atoms with Crippen LogP contribution >= 0.6 is 34.8 Å². The van der Waals surface area contributed by atoms with Crippen LogP contribution in [0.25, 0.3) is 11.1 Å². The summed E-state index contributed by atoms with van der Waals surface area (Å²) < 4.78 is 1.29. The molecular formula is C21H19Cl3N4O. The molecule has 0 saturated carbocycles. The number of benzene rings is 2. The maximum absolute atomic E-state index is 12.5. The maximum atomic E-state index is 12.5. The van der Waals surface area contributed by atoms with Gasteiger partial charge in [-0.3, -0.25) is 4.90 Å². The Kier molecular flexibility index (Phi) is 6.11. The number of nitrogens with zero attached hydrogens (tertiary/aromatic N) is 4. The van der Waals surface area contributed by atoms with E-state index in [4.69, 9.17) is 34.8 Å². The van der Waals surface area contributed by atoms with Crippen molar-refractivity contribution < 1.29 is 4.79 Å². The quantitative estimate of drug-likeness (QED) is 0.545. The summed E-state index contributed by atoms with van der Waals surface area (Å²) in [6.07, 6.45) is 3.00. The van der Waals surface area contributed by atoms with E-state index < -0.39 is 0 Å². The minimum Gasteiger partial charge on any atom is -0.320 e. The van der Waals surface area contributed by atoms with Gasteiger partial charge in [-0.2, -0.15) is 9.78 Å². The van der Waals surface area contributed by atoms with Crippen LogP contribution < -0.4 is 0 Å². The standard InChI is InChI=1S/C21H19Cl3N4O/c22-17-4-1-15(2-5-17)20-11-18(23)6-3-16(20)13-26-7-9-27(10-8-26)21(29)28-14-19(24)12-25-28/h1-6,11-12,14H,7-10,13H2. The first-order chi connectivity index (χ1) is 14.0. The summed E-state index contributed by atoms with van der Waals surface area (Å²) in [6.45, 7) is 3.62. The Hall–Kier alpha value is -2.05. The normalized spacial score (nSPS) is 14.9. The second-order valence-corrected chi connectivity index (χ2v) is 8.27. The molecule has 1 aliphatic heterocycles. The molecule has 5 nitrogen and oxygen atoms in total. The van der Waals surface area contributed by atoms with Crippen LogP contribution in [0.5, 0.6) is 0 Å². The van der Waals surface area contributed by atoms with Crippen LogP contribution in [0.15, 0.2) is 54.9 Å². The highest BCUT2D eigenvalue weighted by Gasteiger charge is 2.23. The van der Waals surface area contributed by atoms with Crippen LogP contribution in [0.2, 0.25) is 15.1 Å². The highest BCUT2D eigenvalue weighted by molar-refractivity contribution is 6.31. The van der Waals surface area contributed by atoms with Gasteiger partial charge in [0, 0.05) is 42.8 Å². The van der Waals surface area contributed by atoms with Crippen molar-refractivity contribution in [3.8, 4) is 11.1 Å². The minimum absolute atomic E-state index is 0.148. The predicted octanol–water partition coefficient (Wildman–Crippen LogP) is 5.30. The Morgan fingerprint density at radius 2 is 1.59 bits per heavy atom. The fraction of sp³-hybridized carbons (Fsp3) is 0.238. The summed E-state index contributed by atoms with van der Waals surface area (Å²) in [5.74, 6) is 0. The van der Waals surface area contributed by atoms with Gasteiger partial charge in [0.25, 0.3) is 0 Å². The van der Waals surface area contributed by atoms with Crippen molar-refractivity contribution in [2.75, 3.05) is 26.2 Å². The van der Waals surface area contributed by atoms with Crippen LogP contribution in [0.4, 0.5) is 4.79 Å². The zero-order valence-electron chi connectivity index (χ0n) is 15.6. The molecule has 4 rings (SSSR count). The van der Waals surface area contributed by atoms with Gasteiger partial charge in [-0.15, -0.1) is 0 Å². The summed E-state index contributed by atoms with van der Waals surface area (Å²) in [5.41, 5.74) is 3.37. The minimum atomic E-state index is -0.148. The molecule has 150 valence electrons. The first kappa shape index (κ1) is 20.2. The first-order valence-corrected chi connectivity index (χ1v) is 10.4. The molecule has 2 aromatic carbocycles. The van der Waals surface area contributed by atoms with E-state index in [1.165, 1.54) is 22.6 Å². The van der Waals surface area contributed by atoms with E-state index in [9.17, 15) is 4.79 Å². The summed E-state index contributed by atoms with van der Waals surface area (Å²) >= 11 is 18.1. The summed E-state index contributed by atoms with van der Waals surface area (Å²) in [5, 5.41) is 5.85. The van der Waals surface area contributed by atoms with Gasteiger partial charge in [0.1, 0.15) is 0 Å². The van der Waals surface area contributed by atoms with Gasteiger partial charge in [-0.05, 0) is 41.0 Å². The van der Waals surface area contributed by atoms with Crippen molar-refractivity contribution in [2.45, 2.75) is 6.54 Å². The zero-order valence-corrected chi connectivity index (χ0v) is 17.8. The summed E-state index contributed by atoms with van der Waals surface area (Å²) in [6, 6.07) is 13.6. The number of hydrogen-bond acceptors (Lipinski definition) is 3. The van der Waals surface area contributed by atoms with Crippen LogP contribution in [0.3, 0.4) is 0 Å². The van der Waals surface area contributed by atoms with E-state index in [0.717, 1.165) is 30.8 Å². The topological polar surface area (TPSA) is 41.4 Å². The van der Waals surface area contributed by atoms with Crippen LogP contribution in [0, 0.1) is 0 Å². The van der Waals surface area contributed by atoms with Gasteiger partial charge in [0.2, 0.25) is 0 Å². The van der Waals surface area contributed by atoms with E-state index in [1.54, 1.807) is 4.90 Å². The van der Waals surface area contributed by atoms with Crippen molar-refractivity contribution in [1.29, 1.82) is 0 Å². The number of carbonyl (C=O) groups is 1. The lowest BCUT2D eigenvalue weighted by Crippen LogP contribution is -2.49. The van der Waals surface area contributed by atoms with E-state index in [-0.39, 0.29) is 6.03 Å². The number of hydrogen-bond donors (Lipinski definition) is 0. The predicted molar refractivity (Wildman–Crippen MR) is 117 cm³/mol. The van der Waals surface area contributed by atoms with Crippen LogP contribution in [-0.4, -0.2) is 51.8 Å². The van der Waals surface area contributed by atoms with E-state index in [0.29, 0.717) is 28.2 Å². The monoisotopic (exact) mass is 448 g/mol. The molecule has 1 fully saturated rings. The first-order valence-electron chi connectivity index (χ1n) is 9.26. The van der Waals surface area contributed by atoms with Gasteiger partial charge in [0.15, 0.2) is 0 Å². The maximum Gasteiger partial charge on any atom is 0.344 e. The molecule has 0 radical (unpaired) electrons. The number of rotatable bonds is 3. The Morgan fingerprint density at radius 3 is 2.24 bits per heavy atom. The molecule has 1 aromatic heterocycles. The molecule has 1 amide bonds. The largest absolute Gasteiger partial charge is 0.344 e. The molecule has 0 spiro atoms. The van der Waals surface area contributed by atoms with E-state index in [1.807, 2.05) is 36.4 Å². The van der Waals surface area contributed by atoms with Crippen molar-refractivity contribution in [3.63, 3.8) is 0 Å². The van der Waals surface area contributed by atoms with Gasteiger partial charge in [-0.25, -0.2) is 4.79 Å².